The number of rotatable bonds is 6. The number of carbonyl (C=O) groups is 1. The van der Waals surface area contributed by atoms with Gasteiger partial charge in [-0.05, 0) is 24.6 Å². The lowest BCUT2D eigenvalue weighted by Gasteiger charge is -2.08. The Morgan fingerprint density at radius 3 is 2.92 bits per heavy atom. The highest BCUT2D eigenvalue weighted by molar-refractivity contribution is 5.92. The molecule has 3 heterocycles. The first kappa shape index (κ1) is 16.0. The minimum absolute atomic E-state index is 0.220. The summed E-state index contributed by atoms with van der Waals surface area (Å²) < 4.78 is 7.53. The number of pyridine rings is 1. The summed E-state index contributed by atoms with van der Waals surface area (Å²) in [4.78, 5) is 24.8. The molecule has 0 radical (unpaired) electrons. The summed E-state index contributed by atoms with van der Waals surface area (Å²) in [6.45, 7) is 0.987. The predicted octanol–water partition coefficient (Wildman–Crippen LogP) is 2.48. The lowest BCUT2D eigenvalue weighted by atomic mass is 10.2. The van der Waals surface area contributed by atoms with Gasteiger partial charge in [-0.15, -0.1) is 0 Å². The number of hydrogen-bond acceptors (Lipinski definition) is 5. The van der Waals surface area contributed by atoms with Gasteiger partial charge in [0, 0.05) is 36.7 Å². The maximum atomic E-state index is 12.2. The van der Waals surface area contributed by atoms with Crippen LogP contribution in [0.1, 0.15) is 16.9 Å². The Morgan fingerprint density at radius 2 is 2.00 bits per heavy atom. The number of carbonyl (C=O) groups excluding carboxylic acids is 1. The third kappa shape index (κ3) is 3.32. The average Bonchev–Trinajstić information content (AvgIpc) is 3.12. The van der Waals surface area contributed by atoms with Crippen LogP contribution in [-0.2, 0) is 0 Å². The molecule has 7 nitrogen and oxygen atoms in total. The van der Waals surface area contributed by atoms with Crippen LogP contribution in [0, 0.1) is 0 Å². The van der Waals surface area contributed by atoms with E-state index in [-0.39, 0.29) is 5.91 Å². The summed E-state index contributed by atoms with van der Waals surface area (Å²) >= 11 is 0. The molecule has 1 aromatic carbocycles. The van der Waals surface area contributed by atoms with Gasteiger partial charge in [0.15, 0.2) is 0 Å². The maximum Gasteiger partial charge on any atom is 0.271 e. The van der Waals surface area contributed by atoms with Gasteiger partial charge in [0.2, 0.25) is 5.78 Å². The van der Waals surface area contributed by atoms with Crippen LogP contribution in [-0.4, -0.2) is 38.4 Å². The van der Waals surface area contributed by atoms with Crippen molar-refractivity contribution in [1.29, 1.82) is 0 Å². The summed E-state index contributed by atoms with van der Waals surface area (Å²) in [5.41, 5.74) is 1.19. The molecule has 0 unspecified atom stereocenters. The summed E-state index contributed by atoms with van der Waals surface area (Å²) in [6.07, 6.45) is 7.54. The summed E-state index contributed by atoms with van der Waals surface area (Å²) in [5.74, 6) is 1.03. The zero-order chi connectivity index (χ0) is 17.8. The number of ether oxygens (including phenoxy) is 1. The Hall–Kier alpha value is -3.48. The molecule has 3 aromatic heterocycles. The molecule has 4 aromatic rings. The minimum atomic E-state index is -0.220. The lowest BCUT2D eigenvalue weighted by molar-refractivity contribution is 0.0947. The second-order valence-corrected chi connectivity index (χ2v) is 5.74. The molecule has 1 N–H and O–H groups in total. The van der Waals surface area contributed by atoms with Crippen LogP contribution in [0.15, 0.2) is 61.2 Å². The van der Waals surface area contributed by atoms with E-state index in [4.69, 9.17) is 4.74 Å². The Kier molecular flexibility index (Phi) is 4.42. The highest BCUT2D eigenvalue weighted by Gasteiger charge is 2.10. The Balaban J connectivity index is 1.29. The van der Waals surface area contributed by atoms with E-state index in [0.717, 1.165) is 16.7 Å². The Labute approximate surface area is 149 Å². The summed E-state index contributed by atoms with van der Waals surface area (Å²) in [7, 11) is 0. The van der Waals surface area contributed by atoms with Crippen molar-refractivity contribution in [2.24, 2.45) is 0 Å². The third-order valence-corrected chi connectivity index (χ3v) is 3.93. The van der Waals surface area contributed by atoms with Crippen molar-refractivity contribution in [2.45, 2.75) is 6.42 Å². The largest absolute Gasteiger partial charge is 0.491 e. The number of benzene rings is 1. The van der Waals surface area contributed by atoms with Gasteiger partial charge < -0.3 is 10.1 Å². The first-order valence-corrected chi connectivity index (χ1v) is 8.36. The molecule has 1 amide bonds. The van der Waals surface area contributed by atoms with Gasteiger partial charge in [0.25, 0.3) is 5.91 Å². The second-order valence-electron chi connectivity index (χ2n) is 5.74. The van der Waals surface area contributed by atoms with E-state index < -0.39 is 0 Å². The molecule has 0 fully saturated rings. The monoisotopic (exact) mass is 347 g/mol. The molecule has 0 spiro atoms. The summed E-state index contributed by atoms with van der Waals surface area (Å²) in [6, 6.07) is 11.5. The quantitative estimate of drug-likeness (QED) is 0.542. The zero-order valence-corrected chi connectivity index (χ0v) is 14.0. The first-order chi connectivity index (χ1) is 12.8. The lowest BCUT2D eigenvalue weighted by Crippen LogP contribution is -2.25. The SMILES string of the molecule is O=C(NCCCOc1cccc2cccnc12)c1cn2cccnc2n1. The fraction of sp³-hybridized carbons (Fsp3) is 0.158. The Morgan fingerprint density at radius 1 is 1.12 bits per heavy atom. The zero-order valence-electron chi connectivity index (χ0n) is 14.0. The van der Waals surface area contributed by atoms with Crippen LogP contribution in [0.2, 0.25) is 0 Å². The fourth-order valence-electron chi connectivity index (χ4n) is 2.68. The van der Waals surface area contributed by atoms with Gasteiger partial charge in [0.05, 0.1) is 6.61 Å². The topological polar surface area (TPSA) is 81.4 Å². The first-order valence-electron chi connectivity index (χ1n) is 8.36. The number of amides is 1. The molecular weight excluding hydrogens is 330 g/mol. The van der Waals surface area contributed by atoms with E-state index in [0.29, 0.717) is 31.0 Å². The maximum absolute atomic E-state index is 12.2. The normalized spacial score (nSPS) is 10.9. The van der Waals surface area contributed by atoms with Crippen molar-refractivity contribution in [3.05, 3.63) is 66.9 Å². The molecule has 0 aliphatic rings. The van der Waals surface area contributed by atoms with E-state index in [9.17, 15) is 4.79 Å². The van der Waals surface area contributed by atoms with Gasteiger partial charge in [-0.2, -0.15) is 0 Å². The molecule has 0 saturated carbocycles. The second kappa shape index (κ2) is 7.18. The van der Waals surface area contributed by atoms with Gasteiger partial charge in [-0.25, -0.2) is 9.97 Å². The van der Waals surface area contributed by atoms with Crippen molar-refractivity contribution >= 4 is 22.6 Å². The average molecular weight is 347 g/mol. The number of para-hydroxylation sites is 1. The van der Waals surface area contributed by atoms with Crippen LogP contribution in [0.4, 0.5) is 0 Å². The standard InChI is InChI=1S/C19H17N5O2/c25-18(15-13-24-11-3-9-22-19(24)23-15)21-10-4-12-26-16-7-1-5-14-6-2-8-20-17(14)16/h1-3,5-9,11,13H,4,10,12H2,(H,21,25). The van der Waals surface area contributed by atoms with Crippen molar-refractivity contribution in [1.82, 2.24) is 24.7 Å². The molecule has 7 heteroatoms. The molecule has 0 atom stereocenters. The predicted molar refractivity (Wildman–Crippen MR) is 97.2 cm³/mol. The fourth-order valence-corrected chi connectivity index (χ4v) is 2.68. The number of hydrogen-bond donors (Lipinski definition) is 1. The van der Waals surface area contributed by atoms with Gasteiger partial charge in [0.1, 0.15) is 17.0 Å². The third-order valence-electron chi connectivity index (χ3n) is 3.93. The van der Waals surface area contributed by atoms with Crippen molar-refractivity contribution in [3.8, 4) is 5.75 Å². The number of fused-ring (bicyclic) bond motifs is 2. The molecular formula is C19H17N5O2. The van der Waals surface area contributed by atoms with Crippen LogP contribution in [0.3, 0.4) is 0 Å². The number of nitrogens with zero attached hydrogens (tertiary/aromatic N) is 4. The van der Waals surface area contributed by atoms with E-state index >= 15 is 0 Å². The van der Waals surface area contributed by atoms with Gasteiger partial charge >= 0.3 is 0 Å². The molecule has 0 aliphatic heterocycles. The van der Waals surface area contributed by atoms with Crippen LogP contribution in [0.5, 0.6) is 5.75 Å². The molecule has 4 rings (SSSR count). The molecule has 0 aliphatic carbocycles. The van der Waals surface area contributed by atoms with Crippen LogP contribution >= 0.6 is 0 Å². The summed E-state index contributed by atoms with van der Waals surface area (Å²) in [5, 5.41) is 3.89. The number of aromatic nitrogens is 4. The highest BCUT2D eigenvalue weighted by Crippen LogP contribution is 2.22. The van der Waals surface area contributed by atoms with E-state index in [1.54, 1.807) is 35.3 Å². The molecule has 130 valence electrons. The van der Waals surface area contributed by atoms with Gasteiger partial charge in [-0.3, -0.25) is 14.2 Å². The van der Waals surface area contributed by atoms with E-state index in [1.807, 2.05) is 30.3 Å². The molecule has 26 heavy (non-hydrogen) atoms. The van der Waals surface area contributed by atoms with E-state index in [1.165, 1.54) is 0 Å². The van der Waals surface area contributed by atoms with Crippen molar-refractivity contribution in [3.63, 3.8) is 0 Å². The van der Waals surface area contributed by atoms with Crippen molar-refractivity contribution in [2.75, 3.05) is 13.2 Å². The molecule has 0 saturated heterocycles. The smallest absolute Gasteiger partial charge is 0.271 e. The highest BCUT2D eigenvalue weighted by atomic mass is 16.5. The Bertz CT molecular complexity index is 1020. The molecule has 0 bridgehead atoms. The number of nitrogens with one attached hydrogen (secondary N) is 1. The van der Waals surface area contributed by atoms with Crippen LogP contribution < -0.4 is 10.1 Å². The van der Waals surface area contributed by atoms with E-state index in [2.05, 4.69) is 20.3 Å². The van der Waals surface area contributed by atoms with Gasteiger partial charge in [-0.1, -0.05) is 18.2 Å². The minimum Gasteiger partial charge on any atom is -0.491 e. The number of imidazole rings is 1. The van der Waals surface area contributed by atoms with Crippen LogP contribution in [0.25, 0.3) is 16.7 Å². The van der Waals surface area contributed by atoms with Crippen molar-refractivity contribution < 1.29 is 9.53 Å².